The van der Waals surface area contributed by atoms with Gasteiger partial charge in [0, 0.05) is 10.8 Å². The van der Waals surface area contributed by atoms with Gasteiger partial charge in [0.25, 0.3) is 0 Å². The molecule has 4 rings (SSSR count). The van der Waals surface area contributed by atoms with E-state index in [4.69, 9.17) is 4.42 Å². The maximum absolute atomic E-state index is 9.33. The minimum Gasteiger partial charge on any atom is -0.456 e. The van der Waals surface area contributed by atoms with Gasteiger partial charge < -0.3 is 14.5 Å². The zero-order valence-corrected chi connectivity index (χ0v) is 10.6. The molecular formula is C16H11BO3. The largest absolute Gasteiger partial charge is 0.488 e. The smallest absolute Gasteiger partial charge is 0.456 e. The Balaban J connectivity index is 2.22. The molecular weight excluding hydrogens is 251 g/mol. The standard InChI is InChI=1S/C16H11BO3/c18-17(19)11-6-8-14-13(9-11)16-12-4-2-1-3-10(12)5-7-15(16)20-14/h1-9,18-19H. The zero-order chi connectivity index (χ0) is 13.7. The molecule has 0 aliphatic carbocycles. The van der Waals surface area contributed by atoms with Crippen LogP contribution in [0.3, 0.4) is 0 Å². The summed E-state index contributed by atoms with van der Waals surface area (Å²) in [7, 11) is -1.47. The lowest BCUT2D eigenvalue weighted by Crippen LogP contribution is -2.29. The number of furan rings is 1. The van der Waals surface area contributed by atoms with E-state index >= 15 is 0 Å². The molecule has 1 aromatic heterocycles. The molecule has 1 heterocycles. The van der Waals surface area contributed by atoms with Gasteiger partial charge in [-0.3, -0.25) is 0 Å². The van der Waals surface area contributed by atoms with Crippen LogP contribution in [0.5, 0.6) is 0 Å². The fraction of sp³-hybridized carbons (Fsp3) is 0. The van der Waals surface area contributed by atoms with Crippen molar-refractivity contribution >= 4 is 45.3 Å². The van der Waals surface area contributed by atoms with Crippen LogP contribution < -0.4 is 5.46 Å². The molecule has 3 nitrogen and oxygen atoms in total. The Kier molecular flexibility index (Phi) is 2.36. The molecule has 0 aliphatic rings. The first kappa shape index (κ1) is 11.5. The molecule has 0 unspecified atom stereocenters. The predicted molar refractivity (Wildman–Crippen MR) is 81.1 cm³/mol. The summed E-state index contributed by atoms with van der Waals surface area (Å²) in [5.41, 5.74) is 2.03. The molecule has 2 N–H and O–H groups in total. The monoisotopic (exact) mass is 262 g/mol. The first-order chi connectivity index (χ1) is 9.74. The van der Waals surface area contributed by atoms with Crippen LogP contribution in [-0.2, 0) is 0 Å². The molecule has 4 heteroatoms. The van der Waals surface area contributed by atoms with Gasteiger partial charge >= 0.3 is 7.12 Å². The topological polar surface area (TPSA) is 53.6 Å². The van der Waals surface area contributed by atoms with E-state index in [0.29, 0.717) is 5.46 Å². The molecule has 20 heavy (non-hydrogen) atoms. The van der Waals surface area contributed by atoms with Crippen molar-refractivity contribution in [1.29, 1.82) is 0 Å². The van der Waals surface area contributed by atoms with E-state index in [2.05, 4.69) is 12.1 Å². The number of hydrogen-bond donors (Lipinski definition) is 2. The molecule has 0 fully saturated rings. The van der Waals surface area contributed by atoms with Crippen molar-refractivity contribution in [3.8, 4) is 0 Å². The Morgan fingerprint density at radius 3 is 2.45 bits per heavy atom. The Morgan fingerprint density at radius 1 is 0.800 bits per heavy atom. The van der Waals surface area contributed by atoms with Crippen LogP contribution in [0.1, 0.15) is 0 Å². The summed E-state index contributed by atoms with van der Waals surface area (Å²) in [6.07, 6.45) is 0. The number of hydrogen-bond acceptors (Lipinski definition) is 3. The van der Waals surface area contributed by atoms with Crippen molar-refractivity contribution < 1.29 is 14.5 Å². The van der Waals surface area contributed by atoms with Crippen molar-refractivity contribution in [3.05, 3.63) is 54.6 Å². The normalized spacial score (nSPS) is 11.5. The van der Waals surface area contributed by atoms with Crippen molar-refractivity contribution in [1.82, 2.24) is 0 Å². The van der Waals surface area contributed by atoms with E-state index < -0.39 is 7.12 Å². The van der Waals surface area contributed by atoms with Crippen LogP contribution in [0.25, 0.3) is 32.7 Å². The van der Waals surface area contributed by atoms with Gasteiger partial charge in [0.05, 0.1) is 0 Å². The molecule has 3 aromatic carbocycles. The van der Waals surface area contributed by atoms with E-state index in [-0.39, 0.29) is 0 Å². The summed E-state index contributed by atoms with van der Waals surface area (Å²) < 4.78 is 5.83. The van der Waals surface area contributed by atoms with Gasteiger partial charge in [0.2, 0.25) is 0 Å². The number of benzene rings is 3. The van der Waals surface area contributed by atoms with E-state index in [1.807, 2.05) is 24.3 Å². The average molecular weight is 262 g/mol. The molecule has 0 atom stereocenters. The lowest BCUT2D eigenvalue weighted by atomic mass is 9.80. The lowest BCUT2D eigenvalue weighted by Gasteiger charge is -2.00. The van der Waals surface area contributed by atoms with E-state index in [0.717, 1.165) is 32.7 Å². The van der Waals surface area contributed by atoms with Crippen LogP contribution in [0, 0.1) is 0 Å². The summed E-state index contributed by atoms with van der Waals surface area (Å²) in [5.74, 6) is 0. The summed E-state index contributed by atoms with van der Waals surface area (Å²) in [4.78, 5) is 0. The Labute approximate surface area is 115 Å². The second-order valence-corrected chi connectivity index (χ2v) is 4.89. The number of fused-ring (bicyclic) bond motifs is 5. The van der Waals surface area contributed by atoms with Crippen LogP contribution in [0.4, 0.5) is 0 Å². The summed E-state index contributed by atoms with van der Waals surface area (Å²) in [6.45, 7) is 0. The average Bonchev–Trinajstić information content (AvgIpc) is 2.85. The molecule has 0 radical (unpaired) electrons. The second-order valence-electron chi connectivity index (χ2n) is 4.89. The minimum atomic E-state index is -1.47. The highest BCUT2D eigenvalue weighted by Gasteiger charge is 2.15. The highest BCUT2D eigenvalue weighted by Crippen LogP contribution is 2.33. The Morgan fingerprint density at radius 2 is 1.60 bits per heavy atom. The van der Waals surface area contributed by atoms with E-state index in [9.17, 15) is 10.0 Å². The third kappa shape index (κ3) is 1.56. The Hall–Kier alpha value is -2.30. The van der Waals surface area contributed by atoms with Crippen molar-refractivity contribution in [2.75, 3.05) is 0 Å². The first-order valence-corrected chi connectivity index (χ1v) is 6.44. The molecule has 0 spiro atoms. The fourth-order valence-electron chi connectivity index (χ4n) is 2.73. The fourth-order valence-corrected chi connectivity index (χ4v) is 2.73. The number of rotatable bonds is 1. The summed E-state index contributed by atoms with van der Waals surface area (Å²) >= 11 is 0. The maximum Gasteiger partial charge on any atom is 0.488 e. The first-order valence-electron chi connectivity index (χ1n) is 6.44. The summed E-state index contributed by atoms with van der Waals surface area (Å²) in [6, 6.07) is 17.3. The van der Waals surface area contributed by atoms with Crippen molar-refractivity contribution in [2.24, 2.45) is 0 Å². The second kappa shape index (κ2) is 4.10. The maximum atomic E-state index is 9.33. The summed E-state index contributed by atoms with van der Waals surface area (Å²) in [5, 5.41) is 22.8. The van der Waals surface area contributed by atoms with Gasteiger partial charge in [-0.15, -0.1) is 0 Å². The molecule has 0 aliphatic heterocycles. The highest BCUT2D eigenvalue weighted by molar-refractivity contribution is 6.59. The van der Waals surface area contributed by atoms with Gasteiger partial charge in [-0.1, -0.05) is 42.5 Å². The van der Waals surface area contributed by atoms with Crippen LogP contribution >= 0.6 is 0 Å². The van der Waals surface area contributed by atoms with Crippen LogP contribution in [0.2, 0.25) is 0 Å². The molecule has 0 amide bonds. The molecule has 0 saturated heterocycles. The van der Waals surface area contributed by atoms with Gasteiger partial charge in [0.1, 0.15) is 11.2 Å². The molecule has 4 aromatic rings. The molecule has 96 valence electrons. The SMILES string of the molecule is OB(O)c1ccc2oc3ccc4ccccc4c3c2c1. The van der Waals surface area contributed by atoms with E-state index in [1.54, 1.807) is 18.2 Å². The van der Waals surface area contributed by atoms with Crippen LogP contribution in [-0.4, -0.2) is 17.2 Å². The zero-order valence-electron chi connectivity index (χ0n) is 10.6. The third-order valence-electron chi connectivity index (χ3n) is 3.68. The van der Waals surface area contributed by atoms with Crippen LogP contribution in [0.15, 0.2) is 59.0 Å². The quantitative estimate of drug-likeness (QED) is 0.518. The molecule has 0 bridgehead atoms. The van der Waals surface area contributed by atoms with Gasteiger partial charge in [-0.25, -0.2) is 0 Å². The Bertz CT molecular complexity index is 940. The molecule has 0 saturated carbocycles. The third-order valence-corrected chi connectivity index (χ3v) is 3.68. The van der Waals surface area contributed by atoms with Crippen molar-refractivity contribution in [2.45, 2.75) is 0 Å². The van der Waals surface area contributed by atoms with Gasteiger partial charge in [-0.05, 0) is 28.4 Å². The minimum absolute atomic E-state index is 0.466. The highest BCUT2D eigenvalue weighted by atomic mass is 16.4. The lowest BCUT2D eigenvalue weighted by molar-refractivity contribution is 0.426. The van der Waals surface area contributed by atoms with Gasteiger partial charge in [-0.2, -0.15) is 0 Å². The van der Waals surface area contributed by atoms with Gasteiger partial charge in [0.15, 0.2) is 0 Å². The predicted octanol–water partition coefficient (Wildman–Crippen LogP) is 2.42. The van der Waals surface area contributed by atoms with E-state index in [1.165, 1.54) is 0 Å². The van der Waals surface area contributed by atoms with Crippen molar-refractivity contribution in [3.63, 3.8) is 0 Å².